The first-order valence-electron chi connectivity index (χ1n) is 5.91. The van der Waals surface area contributed by atoms with Crippen molar-refractivity contribution in [2.45, 2.75) is 61.1 Å². The smallest absolute Gasteiger partial charge is 0.241 e. The van der Waals surface area contributed by atoms with Gasteiger partial charge in [0.05, 0.1) is 0 Å². The van der Waals surface area contributed by atoms with Crippen LogP contribution in [0.15, 0.2) is 0 Å². The van der Waals surface area contributed by atoms with Gasteiger partial charge in [0.15, 0.2) is 6.17 Å². The molecule has 0 saturated heterocycles. The van der Waals surface area contributed by atoms with Crippen LogP contribution in [0, 0.1) is 22.7 Å². The number of hydrogen-bond donors (Lipinski definition) is 0. The Bertz CT molecular complexity index is 206. The van der Waals surface area contributed by atoms with Crippen LogP contribution in [-0.4, -0.2) is 12.6 Å². The molecule has 0 radical (unpaired) electrons. The minimum atomic E-state index is -2.91. The third kappa shape index (κ3) is 2.38. The van der Waals surface area contributed by atoms with Crippen LogP contribution < -0.4 is 0 Å². The average molecular weight is 238 g/mol. The van der Waals surface area contributed by atoms with Gasteiger partial charge >= 0.3 is 0 Å². The largest absolute Gasteiger partial charge is 0.269 e. The van der Waals surface area contributed by atoms with Crippen LogP contribution >= 0.6 is 0 Å². The van der Waals surface area contributed by atoms with Crippen molar-refractivity contribution < 1.29 is 13.2 Å². The molecule has 0 aliphatic carbocycles. The van der Waals surface area contributed by atoms with Gasteiger partial charge in [-0.15, -0.1) is 0 Å². The lowest BCUT2D eigenvalue weighted by atomic mass is 9.53. The molecule has 98 valence electrons. The second-order valence-electron chi connectivity index (χ2n) is 6.23. The fraction of sp³-hybridized carbons (Fsp3) is 1.00. The van der Waals surface area contributed by atoms with Crippen molar-refractivity contribution in [2.24, 2.45) is 22.7 Å². The van der Waals surface area contributed by atoms with Gasteiger partial charge in [0.2, 0.25) is 0 Å². The molecular formula is C13H25F3. The Morgan fingerprint density at radius 3 is 1.12 bits per heavy atom. The van der Waals surface area contributed by atoms with Crippen LogP contribution in [-0.2, 0) is 0 Å². The molecular weight excluding hydrogens is 213 g/mol. The summed E-state index contributed by atoms with van der Waals surface area (Å²) in [5.74, 6) is -0.256. The molecule has 0 aromatic heterocycles. The molecule has 0 bridgehead atoms. The van der Waals surface area contributed by atoms with E-state index >= 15 is 0 Å². The summed E-state index contributed by atoms with van der Waals surface area (Å²) in [5.41, 5.74) is -1.49. The van der Waals surface area contributed by atoms with Crippen LogP contribution in [0.3, 0.4) is 0 Å². The summed E-state index contributed by atoms with van der Waals surface area (Å²) >= 11 is 0. The van der Waals surface area contributed by atoms with Crippen molar-refractivity contribution in [1.82, 2.24) is 0 Å². The Hall–Kier alpha value is -0.210. The number of halogens is 3. The highest BCUT2D eigenvalue weighted by Crippen LogP contribution is 2.55. The molecule has 0 aliphatic heterocycles. The van der Waals surface area contributed by atoms with Gasteiger partial charge < -0.3 is 0 Å². The van der Waals surface area contributed by atoms with E-state index in [2.05, 4.69) is 0 Å². The predicted molar refractivity (Wildman–Crippen MR) is 62.5 cm³/mol. The van der Waals surface area contributed by atoms with Gasteiger partial charge in [-0.25, -0.2) is 13.2 Å². The highest BCUT2D eigenvalue weighted by Gasteiger charge is 2.55. The monoisotopic (exact) mass is 238 g/mol. The molecule has 0 spiro atoms. The molecule has 0 aromatic carbocycles. The first kappa shape index (κ1) is 15.8. The van der Waals surface area contributed by atoms with Gasteiger partial charge in [-0.3, -0.25) is 0 Å². The molecule has 0 fully saturated rings. The SMILES string of the molecule is CC(C)C(C(C)C)(C(F)C(F)F)C(C)(C)C. The molecule has 0 heterocycles. The highest BCUT2D eigenvalue weighted by molar-refractivity contribution is 5.01. The second-order valence-corrected chi connectivity index (χ2v) is 6.23. The zero-order valence-electron chi connectivity index (χ0n) is 11.4. The normalized spacial score (nSPS) is 16.3. The molecule has 0 aromatic rings. The Kier molecular flexibility index (Phi) is 4.90. The summed E-state index contributed by atoms with van der Waals surface area (Å²) < 4.78 is 39.7. The van der Waals surface area contributed by atoms with E-state index < -0.39 is 23.4 Å². The molecule has 0 N–H and O–H groups in total. The Labute approximate surface area is 97.6 Å². The van der Waals surface area contributed by atoms with Gasteiger partial charge in [0, 0.05) is 5.41 Å². The fourth-order valence-electron chi connectivity index (χ4n) is 3.66. The third-order valence-corrected chi connectivity index (χ3v) is 3.89. The lowest BCUT2D eigenvalue weighted by Crippen LogP contribution is -2.54. The van der Waals surface area contributed by atoms with E-state index in [1.165, 1.54) is 0 Å². The van der Waals surface area contributed by atoms with Gasteiger partial charge in [-0.1, -0.05) is 48.5 Å². The summed E-state index contributed by atoms with van der Waals surface area (Å²) in [6, 6.07) is 0. The van der Waals surface area contributed by atoms with E-state index in [0.717, 1.165) is 0 Å². The molecule has 0 rings (SSSR count). The van der Waals surface area contributed by atoms with Crippen LogP contribution in [0.25, 0.3) is 0 Å². The molecule has 1 unspecified atom stereocenters. The summed E-state index contributed by atoms with van der Waals surface area (Å²) in [7, 11) is 0. The average Bonchev–Trinajstić information content (AvgIpc) is 1.99. The minimum absolute atomic E-state index is 0.128. The van der Waals surface area contributed by atoms with Crippen LogP contribution in [0.2, 0.25) is 0 Å². The van der Waals surface area contributed by atoms with E-state index in [-0.39, 0.29) is 11.8 Å². The molecule has 16 heavy (non-hydrogen) atoms. The molecule has 0 saturated carbocycles. The molecule has 1 atom stereocenters. The van der Waals surface area contributed by atoms with Gasteiger partial charge in [-0.2, -0.15) is 0 Å². The highest BCUT2D eigenvalue weighted by atomic mass is 19.3. The predicted octanol–water partition coefficient (Wildman–Crippen LogP) is 4.93. The van der Waals surface area contributed by atoms with Gasteiger partial charge in [-0.05, 0) is 17.3 Å². The fourth-order valence-corrected chi connectivity index (χ4v) is 3.66. The van der Waals surface area contributed by atoms with Gasteiger partial charge in [0.1, 0.15) is 0 Å². The zero-order chi connectivity index (χ0) is 13.3. The first-order chi connectivity index (χ1) is 6.99. The second kappa shape index (κ2) is 4.97. The zero-order valence-corrected chi connectivity index (χ0v) is 11.4. The number of alkyl halides is 3. The maximum atomic E-state index is 14.1. The summed E-state index contributed by atoms with van der Waals surface area (Å²) in [6.45, 7) is 12.9. The third-order valence-electron chi connectivity index (χ3n) is 3.89. The Balaban J connectivity index is 5.64. The van der Waals surface area contributed by atoms with Crippen molar-refractivity contribution in [3.63, 3.8) is 0 Å². The molecule has 0 aliphatic rings. The molecule has 0 nitrogen and oxygen atoms in total. The first-order valence-corrected chi connectivity index (χ1v) is 5.91. The lowest BCUT2D eigenvalue weighted by Gasteiger charge is -2.53. The summed E-state index contributed by atoms with van der Waals surface area (Å²) in [6.07, 6.45) is -4.99. The topological polar surface area (TPSA) is 0 Å². The quantitative estimate of drug-likeness (QED) is 0.651. The van der Waals surface area contributed by atoms with Crippen LogP contribution in [0.1, 0.15) is 48.5 Å². The minimum Gasteiger partial charge on any atom is -0.241 e. The van der Waals surface area contributed by atoms with Crippen LogP contribution in [0.5, 0.6) is 0 Å². The van der Waals surface area contributed by atoms with E-state index in [1.54, 1.807) is 0 Å². The van der Waals surface area contributed by atoms with E-state index in [0.29, 0.717) is 0 Å². The maximum absolute atomic E-state index is 14.1. The molecule has 3 heteroatoms. The lowest BCUT2D eigenvalue weighted by molar-refractivity contribution is -0.140. The maximum Gasteiger partial charge on any atom is 0.269 e. The van der Waals surface area contributed by atoms with Crippen molar-refractivity contribution in [3.8, 4) is 0 Å². The summed E-state index contributed by atoms with van der Waals surface area (Å²) in [5, 5.41) is 0. The Morgan fingerprint density at radius 1 is 0.750 bits per heavy atom. The van der Waals surface area contributed by atoms with Crippen molar-refractivity contribution in [1.29, 1.82) is 0 Å². The van der Waals surface area contributed by atoms with E-state index in [9.17, 15) is 13.2 Å². The van der Waals surface area contributed by atoms with E-state index in [4.69, 9.17) is 0 Å². The van der Waals surface area contributed by atoms with Crippen molar-refractivity contribution >= 4 is 0 Å². The number of hydrogen-bond acceptors (Lipinski definition) is 0. The molecule has 0 amide bonds. The summed E-state index contributed by atoms with van der Waals surface area (Å²) in [4.78, 5) is 0. The van der Waals surface area contributed by atoms with E-state index in [1.807, 2.05) is 48.5 Å². The van der Waals surface area contributed by atoms with Crippen molar-refractivity contribution in [2.75, 3.05) is 0 Å². The number of rotatable bonds is 4. The van der Waals surface area contributed by atoms with Gasteiger partial charge in [0.25, 0.3) is 6.43 Å². The van der Waals surface area contributed by atoms with Crippen LogP contribution in [0.4, 0.5) is 13.2 Å². The Morgan fingerprint density at radius 2 is 1.06 bits per heavy atom. The van der Waals surface area contributed by atoms with Crippen molar-refractivity contribution in [3.05, 3.63) is 0 Å². The standard InChI is InChI=1S/C13H25F3/c1-8(2)13(9(3)4,12(5,6)7)10(14)11(15)16/h8-11H,1-7H3.